The average Bonchev–Trinajstić information content (AvgIpc) is 2.69. The normalized spacial score (nSPS) is 22.1. The number of ether oxygens (including phenoxy) is 1. The van der Waals surface area contributed by atoms with E-state index in [4.69, 9.17) is 4.74 Å². The van der Waals surface area contributed by atoms with Crippen LogP contribution in [-0.2, 0) is 4.74 Å². The second-order valence-corrected chi connectivity index (χ2v) is 4.03. The van der Waals surface area contributed by atoms with Gasteiger partial charge in [-0.05, 0) is 32.4 Å². The molecular formula is C11H24N2O. The first-order chi connectivity index (χ1) is 6.86. The molecule has 1 aliphatic rings. The van der Waals surface area contributed by atoms with Gasteiger partial charge in [-0.1, -0.05) is 6.92 Å². The molecule has 0 spiro atoms. The van der Waals surface area contributed by atoms with E-state index in [1.165, 1.54) is 32.5 Å². The third-order valence-electron chi connectivity index (χ3n) is 2.91. The Morgan fingerprint density at radius 2 is 2.36 bits per heavy atom. The van der Waals surface area contributed by atoms with Gasteiger partial charge in [0.1, 0.15) is 0 Å². The van der Waals surface area contributed by atoms with E-state index in [1.807, 2.05) is 0 Å². The van der Waals surface area contributed by atoms with E-state index < -0.39 is 0 Å². The van der Waals surface area contributed by atoms with Crippen molar-refractivity contribution >= 4 is 0 Å². The van der Waals surface area contributed by atoms with Crippen LogP contribution in [0.3, 0.4) is 0 Å². The first-order valence-corrected chi connectivity index (χ1v) is 5.81. The van der Waals surface area contributed by atoms with Crippen LogP contribution in [0.1, 0.15) is 26.2 Å². The lowest BCUT2D eigenvalue weighted by atomic mass is 10.2. The van der Waals surface area contributed by atoms with E-state index in [1.54, 1.807) is 7.11 Å². The molecule has 1 unspecified atom stereocenters. The summed E-state index contributed by atoms with van der Waals surface area (Å²) in [6.07, 6.45) is 3.85. The fourth-order valence-corrected chi connectivity index (χ4v) is 2.04. The molecule has 1 heterocycles. The van der Waals surface area contributed by atoms with Crippen LogP contribution in [0.2, 0.25) is 0 Å². The van der Waals surface area contributed by atoms with Crippen molar-refractivity contribution in [3.63, 3.8) is 0 Å². The Morgan fingerprint density at radius 3 is 2.93 bits per heavy atom. The van der Waals surface area contributed by atoms with Gasteiger partial charge in [-0.3, -0.25) is 0 Å². The molecule has 1 saturated heterocycles. The van der Waals surface area contributed by atoms with Gasteiger partial charge in [-0.25, -0.2) is 0 Å². The van der Waals surface area contributed by atoms with Gasteiger partial charge in [0.15, 0.2) is 0 Å². The molecule has 0 radical (unpaired) electrons. The maximum Gasteiger partial charge on any atom is 0.0474 e. The highest BCUT2D eigenvalue weighted by molar-refractivity contribution is 4.77. The van der Waals surface area contributed by atoms with Crippen molar-refractivity contribution < 1.29 is 4.74 Å². The van der Waals surface area contributed by atoms with E-state index in [-0.39, 0.29) is 0 Å². The van der Waals surface area contributed by atoms with Gasteiger partial charge in [-0.2, -0.15) is 0 Å². The van der Waals surface area contributed by atoms with E-state index in [0.29, 0.717) is 0 Å². The second-order valence-electron chi connectivity index (χ2n) is 4.03. The predicted molar refractivity (Wildman–Crippen MR) is 59.6 cm³/mol. The maximum atomic E-state index is 5.06. The van der Waals surface area contributed by atoms with Crippen molar-refractivity contribution in [3.05, 3.63) is 0 Å². The fourth-order valence-electron chi connectivity index (χ4n) is 2.04. The standard InChI is InChI=1S/C11H24N2O/c1-3-13(8-5-9-14-2)10-11-6-4-7-12-11/h11-12H,3-10H2,1-2H3. The van der Waals surface area contributed by atoms with Crippen molar-refractivity contribution in [1.29, 1.82) is 0 Å². The average molecular weight is 200 g/mol. The van der Waals surface area contributed by atoms with Crippen molar-refractivity contribution in [3.8, 4) is 0 Å². The third kappa shape index (κ3) is 4.40. The number of likely N-dealkylation sites (N-methyl/N-ethyl adjacent to an activating group) is 1. The Kier molecular flexibility index (Phi) is 6.15. The van der Waals surface area contributed by atoms with Crippen molar-refractivity contribution in [2.45, 2.75) is 32.2 Å². The summed E-state index contributed by atoms with van der Waals surface area (Å²) in [6.45, 7) is 7.86. The van der Waals surface area contributed by atoms with Gasteiger partial charge < -0.3 is 15.0 Å². The Morgan fingerprint density at radius 1 is 1.50 bits per heavy atom. The monoisotopic (exact) mass is 200 g/mol. The Labute approximate surface area is 87.8 Å². The molecule has 1 N–H and O–H groups in total. The number of nitrogens with one attached hydrogen (secondary N) is 1. The van der Waals surface area contributed by atoms with E-state index >= 15 is 0 Å². The summed E-state index contributed by atoms with van der Waals surface area (Å²) >= 11 is 0. The van der Waals surface area contributed by atoms with Crippen molar-refractivity contribution in [2.75, 3.05) is 39.9 Å². The summed E-state index contributed by atoms with van der Waals surface area (Å²) in [5.41, 5.74) is 0. The minimum atomic E-state index is 0.734. The summed E-state index contributed by atoms with van der Waals surface area (Å²) < 4.78 is 5.06. The third-order valence-corrected chi connectivity index (χ3v) is 2.91. The second kappa shape index (κ2) is 7.21. The molecule has 0 aliphatic carbocycles. The molecule has 0 aromatic heterocycles. The molecule has 3 nitrogen and oxygen atoms in total. The van der Waals surface area contributed by atoms with Crippen LogP contribution in [0.15, 0.2) is 0 Å². The van der Waals surface area contributed by atoms with E-state index in [0.717, 1.165) is 25.6 Å². The zero-order valence-electron chi connectivity index (χ0n) is 9.59. The van der Waals surface area contributed by atoms with Crippen LogP contribution in [0, 0.1) is 0 Å². The Hall–Kier alpha value is -0.120. The van der Waals surface area contributed by atoms with Gasteiger partial charge in [-0.15, -0.1) is 0 Å². The van der Waals surface area contributed by atoms with Gasteiger partial charge in [0, 0.05) is 32.8 Å². The molecule has 1 fully saturated rings. The van der Waals surface area contributed by atoms with Crippen LogP contribution in [0.25, 0.3) is 0 Å². The molecule has 0 aromatic carbocycles. The van der Waals surface area contributed by atoms with Crippen LogP contribution in [-0.4, -0.2) is 50.8 Å². The molecular weight excluding hydrogens is 176 g/mol. The molecule has 0 amide bonds. The lowest BCUT2D eigenvalue weighted by Crippen LogP contribution is -2.38. The first kappa shape index (κ1) is 12.0. The maximum absolute atomic E-state index is 5.06. The zero-order chi connectivity index (χ0) is 10.2. The Balaban J connectivity index is 2.10. The van der Waals surface area contributed by atoms with E-state index in [9.17, 15) is 0 Å². The minimum Gasteiger partial charge on any atom is -0.385 e. The highest BCUT2D eigenvalue weighted by Crippen LogP contribution is 2.07. The van der Waals surface area contributed by atoms with Crippen LogP contribution in [0.4, 0.5) is 0 Å². The zero-order valence-corrected chi connectivity index (χ0v) is 9.59. The lowest BCUT2D eigenvalue weighted by Gasteiger charge is -2.23. The number of nitrogens with zero attached hydrogens (tertiary/aromatic N) is 1. The summed E-state index contributed by atoms with van der Waals surface area (Å²) in [5, 5.41) is 3.54. The number of methoxy groups -OCH3 is 1. The number of hydrogen-bond donors (Lipinski definition) is 1. The van der Waals surface area contributed by atoms with Gasteiger partial charge >= 0.3 is 0 Å². The SMILES string of the molecule is CCN(CCCOC)CC1CCCN1. The molecule has 3 heteroatoms. The molecule has 0 bridgehead atoms. The predicted octanol–water partition coefficient (Wildman–Crippen LogP) is 1.10. The number of rotatable bonds is 7. The molecule has 1 aliphatic heterocycles. The Bertz CT molecular complexity index is 135. The molecule has 0 aromatic rings. The fraction of sp³-hybridized carbons (Fsp3) is 1.00. The molecule has 1 atom stereocenters. The van der Waals surface area contributed by atoms with Gasteiger partial charge in [0.2, 0.25) is 0 Å². The first-order valence-electron chi connectivity index (χ1n) is 5.81. The minimum absolute atomic E-state index is 0.734. The van der Waals surface area contributed by atoms with Crippen molar-refractivity contribution in [2.24, 2.45) is 0 Å². The highest BCUT2D eigenvalue weighted by atomic mass is 16.5. The summed E-state index contributed by atoms with van der Waals surface area (Å²) in [6, 6.07) is 0.734. The molecule has 1 rings (SSSR count). The summed E-state index contributed by atoms with van der Waals surface area (Å²) in [5.74, 6) is 0. The van der Waals surface area contributed by atoms with Crippen LogP contribution < -0.4 is 5.32 Å². The van der Waals surface area contributed by atoms with E-state index in [2.05, 4.69) is 17.1 Å². The van der Waals surface area contributed by atoms with Gasteiger partial charge in [0.25, 0.3) is 0 Å². The molecule has 0 saturated carbocycles. The van der Waals surface area contributed by atoms with Gasteiger partial charge in [0.05, 0.1) is 0 Å². The van der Waals surface area contributed by atoms with Crippen LogP contribution >= 0.6 is 0 Å². The smallest absolute Gasteiger partial charge is 0.0474 e. The molecule has 14 heavy (non-hydrogen) atoms. The lowest BCUT2D eigenvalue weighted by molar-refractivity contribution is 0.170. The topological polar surface area (TPSA) is 24.5 Å². The van der Waals surface area contributed by atoms with Crippen LogP contribution in [0.5, 0.6) is 0 Å². The quantitative estimate of drug-likeness (QED) is 0.623. The largest absolute Gasteiger partial charge is 0.385 e. The van der Waals surface area contributed by atoms with Crippen molar-refractivity contribution in [1.82, 2.24) is 10.2 Å². The number of hydrogen-bond acceptors (Lipinski definition) is 3. The summed E-state index contributed by atoms with van der Waals surface area (Å²) in [7, 11) is 1.77. The molecule has 84 valence electrons. The highest BCUT2D eigenvalue weighted by Gasteiger charge is 2.16. The summed E-state index contributed by atoms with van der Waals surface area (Å²) in [4.78, 5) is 2.52.